The van der Waals surface area contributed by atoms with Crippen molar-refractivity contribution in [2.45, 2.75) is 49.6 Å². The molecule has 1 fully saturated rings. The van der Waals surface area contributed by atoms with E-state index in [0.29, 0.717) is 12.1 Å². The Morgan fingerprint density at radius 2 is 2.00 bits per heavy atom. The van der Waals surface area contributed by atoms with E-state index in [1.807, 2.05) is 6.92 Å². The summed E-state index contributed by atoms with van der Waals surface area (Å²) in [6.45, 7) is 2.20. The molecule has 1 unspecified atom stereocenters. The molecule has 0 heterocycles. The fourth-order valence-electron chi connectivity index (χ4n) is 2.69. The average Bonchev–Trinajstić information content (AvgIpc) is 3.05. The molecule has 1 amide bonds. The van der Waals surface area contributed by atoms with Crippen LogP contribution >= 0.6 is 12.4 Å². The molecule has 2 rings (SSSR count). The van der Waals surface area contributed by atoms with Crippen molar-refractivity contribution in [2.75, 3.05) is 13.6 Å². The Bertz CT molecular complexity index is 660. The molecule has 24 heavy (non-hydrogen) atoms. The first-order valence-corrected chi connectivity index (χ1v) is 9.43. The normalized spacial score (nSPS) is 16.5. The lowest BCUT2D eigenvalue weighted by Crippen LogP contribution is -2.39. The molecule has 0 bridgehead atoms. The van der Waals surface area contributed by atoms with Gasteiger partial charge in [-0.2, -0.15) is 0 Å². The van der Waals surface area contributed by atoms with Gasteiger partial charge < -0.3 is 10.6 Å². The molecular formula is C16H26ClN3O3S. The molecular weight excluding hydrogens is 350 g/mol. The number of carbonyl (C=O) groups excluding carboxylic acids is 1. The van der Waals surface area contributed by atoms with Gasteiger partial charge in [0.25, 0.3) is 5.91 Å². The molecule has 1 aromatic carbocycles. The predicted molar refractivity (Wildman–Crippen MR) is 96.9 cm³/mol. The summed E-state index contributed by atoms with van der Waals surface area (Å²) in [4.78, 5) is 14.1. The maximum atomic E-state index is 12.5. The summed E-state index contributed by atoms with van der Waals surface area (Å²) < 4.78 is 27.7. The Balaban J connectivity index is 0.00000288. The fourth-order valence-corrected chi connectivity index (χ4v) is 4.04. The third kappa shape index (κ3) is 4.92. The summed E-state index contributed by atoms with van der Waals surface area (Å²) in [6, 6.07) is 6.05. The number of benzene rings is 1. The second kappa shape index (κ2) is 8.80. The Kier molecular flexibility index (Phi) is 7.66. The Morgan fingerprint density at radius 3 is 2.58 bits per heavy atom. The molecule has 0 aromatic heterocycles. The first-order chi connectivity index (χ1) is 10.8. The SMILES string of the molecule is CC(CN)N(C)C(=O)c1cccc(S(=O)(=O)NC2CCCC2)c1.Cl. The fraction of sp³-hybridized carbons (Fsp3) is 0.562. The molecule has 0 radical (unpaired) electrons. The maximum Gasteiger partial charge on any atom is 0.253 e. The summed E-state index contributed by atoms with van der Waals surface area (Å²) in [6.07, 6.45) is 3.84. The lowest BCUT2D eigenvalue weighted by molar-refractivity contribution is 0.0748. The number of sulfonamides is 1. The van der Waals surface area contributed by atoms with Gasteiger partial charge >= 0.3 is 0 Å². The molecule has 0 saturated heterocycles. The smallest absolute Gasteiger partial charge is 0.253 e. The van der Waals surface area contributed by atoms with Gasteiger partial charge in [0.05, 0.1) is 4.90 Å². The minimum Gasteiger partial charge on any atom is -0.338 e. The molecule has 1 saturated carbocycles. The molecule has 6 nitrogen and oxygen atoms in total. The number of carbonyl (C=O) groups is 1. The zero-order valence-electron chi connectivity index (χ0n) is 14.1. The van der Waals surface area contributed by atoms with Gasteiger partial charge in [-0.05, 0) is 38.0 Å². The van der Waals surface area contributed by atoms with E-state index in [2.05, 4.69) is 4.72 Å². The maximum absolute atomic E-state index is 12.5. The van der Waals surface area contributed by atoms with Crippen molar-refractivity contribution in [3.63, 3.8) is 0 Å². The van der Waals surface area contributed by atoms with E-state index < -0.39 is 10.0 Å². The summed E-state index contributed by atoms with van der Waals surface area (Å²) >= 11 is 0. The van der Waals surface area contributed by atoms with Crippen molar-refractivity contribution in [2.24, 2.45) is 5.73 Å². The first kappa shape index (κ1) is 20.9. The van der Waals surface area contributed by atoms with E-state index in [1.54, 1.807) is 19.2 Å². The van der Waals surface area contributed by atoms with Gasteiger partial charge in [-0.1, -0.05) is 18.9 Å². The van der Waals surface area contributed by atoms with Crippen LogP contribution in [0.3, 0.4) is 0 Å². The zero-order chi connectivity index (χ0) is 17.0. The molecule has 1 aliphatic rings. The van der Waals surface area contributed by atoms with Crippen LogP contribution in [0.25, 0.3) is 0 Å². The van der Waals surface area contributed by atoms with Crippen LogP contribution in [-0.4, -0.2) is 44.9 Å². The summed E-state index contributed by atoms with van der Waals surface area (Å²) in [7, 11) is -1.93. The molecule has 136 valence electrons. The van der Waals surface area contributed by atoms with Gasteiger partial charge in [-0.15, -0.1) is 12.4 Å². The number of hydrogen-bond donors (Lipinski definition) is 2. The standard InChI is InChI=1S/C16H25N3O3S.ClH/c1-12(11-17)19(2)16(20)13-6-5-9-15(10-13)23(21,22)18-14-7-3-4-8-14;/h5-6,9-10,12,14,18H,3-4,7-8,11,17H2,1-2H3;1H. The van der Waals surface area contributed by atoms with Crippen LogP contribution in [-0.2, 0) is 10.0 Å². The highest BCUT2D eigenvalue weighted by atomic mass is 35.5. The second-order valence-corrected chi connectivity index (χ2v) is 7.85. The number of halogens is 1. The monoisotopic (exact) mass is 375 g/mol. The Morgan fingerprint density at radius 1 is 1.38 bits per heavy atom. The largest absolute Gasteiger partial charge is 0.338 e. The molecule has 1 aromatic rings. The number of nitrogens with zero attached hydrogens (tertiary/aromatic N) is 1. The quantitative estimate of drug-likeness (QED) is 0.792. The summed E-state index contributed by atoms with van der Waals surface area (Å²) in [5.41, 5.74) is 5.93. The molecule has 1 atom stereocenters. The van der Waals surface area contributed by atoms with Crippen LogP contribution in [0.4, 0.5) is 0 Å². The van der Waals surface area contributed by atoms with E-state index >= 15 is 0 Å². The van der Waals surface area contributed by atoms with Crippen LogP contribution < -0.4 is 10.5 Å². The average molecular weight is 376 g/mol. The van der Waals surface area contributed by atoms with Crippen LogP contribution in [0.15, 0.2) is 29.2 Å². The van der Waals surface area contributed by atoms with Gasteiger partial charge in [-0.3, -0.25) is 4.79 Å². The molecule has 8 heteroatoms. The minimum absolute atomic E-state index is 0. The van der Waals surface area contributed by atoms with Gasteiger partial charge in [0.15, 0.2) is 0 Å². The Hall–Kier alpha value is -1.15. The van der Waals surface area contributed by atoms with Crippen molar-refractivity contribution in [3.05, 3.63) is 29.8 Å². The number of amides is 1. The number of nitrogens with one attached hydrogen (secondary N) is 1. The van der Waals surface area contributed by atoms with Crippen molar-refractivity contribution in [3.8, 4) is 0 Å². The van der Waals surface area contributed by atoms with Crippen molar-refractivity contribution < 1.29 is 13.2 Å². The summed E-state index contributed by atoms with van der Waals surface area (Å²) in [5, 5.41) is 0. The minimum atomic E-state index is -3.60. The zero-order valence-corrected chi connectivity index (χ0v) is 15.7. The number of likely N-dealkylation sites (N-methyl/N-ethyl adjacent to an activating group) is 1. The molecule has 0 spiro atoms. The van der Waals surface area contributed by atoms with E-state index in [-0.39, 0.29) is 35.3 Å². The van der Waals surface area contributed by atoms with Crippen LogP contribution in [0, 0.1) is 0 Å². The van der Waals surface area contributed by atoms with Gasteiger partial charge in [0.2, 0.25) is 10.0 Å². The van der Waals surface area contributed by atoms with Crippen molar-refractivity contribution in [1.29, 1.82) is 0 Å². The third-order valence-corrected chi connectivity index (χ3v) is 5.91. The van der Waals surface area contributed by atoms with E-state index in [4.69, 9.17) is 5.73 Å². The van der Waals surface area contributed by atoms with Crippen LogP contribution in [0.5, 0.6) is 0 Å². The van der Waals surface area contributed by atoms with Gasteiger partial charge in [0.1, 0.15) is 0 Å². The van der Waals surface area contributed by atoms with Crippen molar-refractivity contribution in [1.82, 2.24) is 9.62 Å². The topological polar surface area (TPSA) is 92.5 Å². The highest BCUT2D eigenvalue weighted by molar-refractivity contribution is 7.89. The number of rotatable bonds is 6. The molecule has 1 aliphatic carbocycles. The van der Waals surface area contributed by atoms with E-state index in [1.165, 1.54) is 17.0 Å². The third-order valence-electron chi connectivity index (χ3n) is 4.39. The number of nitrogens with two attached hydrogens (primary N) is 1. The lowest BCUT2D eigenvalue weighted by atomic mass is 10.2. The first-order valence-electron chi connectivity index (χ1n) is 7.95. The van der Waals surface area contributed by atoms with Crippen molar-refractivity contribution >= 4 is 28.3 Å². The van der Waals surface area contributed by atoms with Crippen LogP contribution in [0.2, 0.25) is 0 Å². The molecule has 3 N–H and O–H groups in total. The Labute approximate surface area is 150 Å². The second-order valence-electron chi connectivity index (χ2n) is 6.13. The van der Waals surface area contributed by atoms with E-state index in [0.717, 1.165) is 25.7 Å². The van der Waals surface area contributed by atoms with Gasteiger partial charge in [-0.25, -0.2) is 13.1 Å². The lowest BCUT2D eigenvalue weighted by Gasteiger charge is -2.24. The highest BCUT2D eigenvalue weighted by Crippen LogP contribution is 2.21. The number of hydrogen-bond acceptors (Lipinski definition) is 4. The van der Waals surface area contributed by atoms with Crippen LogP contribution in [0.1, 0.15) is 43.0 Å². The predicted octanol–water partition coefficient (Wildman–Crippen LogP) is 1.75. The highest BCUT2D eigenvalue weighted by Gasteiger charge is 2.24. The summed E-state index contributed by atoms with van der Waals surface area (Å²) in [5.74, 6) is -0.235. The van der Waals surface area contributed by atoms with E-state index in [9.17, 15) is 13.2 Å². The van der Waals surface area contributed by atoms with Gasteiger partial charge in [0, 0.05) is 31.2 Å². The molecule has 0 aliphatic heterocycles.